The number of methoxy groups -OCH3 is 1. The molecule has 0 aromatic heterocycles. The number of anilines is 1. The second kappa shape index (κ2) is 12.0. The summed E-state index contributed by atoms with van der Waals surface area (Å²) in [6.45, 7) is 0. The SMILES string of the molecule is COc1cc(F)c(O[C@H]2CC[C@@H](C(=O)O)CC2)cc1C(=O)N[C@H]1[C@@H](C(=O)Nc2ccc(F)c(C(F)(F)F)c2)[C@H]2CC[C@@H]1O2. The van der Waals surface area contributed by atoms with Crippen molar-refractivity contribution in [1.82, 2.24) is 5.32 Å². The Balaban J connectivity index is 1.32. The molecule has 1 aliphatic carbocycles. The normalized spacial score (nSPS) is 26.6. The van der Waals surface area contributed by atoms with E-state index in [4.69, 9.17) is 14.2 Å². The van der Waals surface area contributed by atoms with E-state index in [0.717, 1.165) is 12.1 Å². The maximum atomic E-state index is 14.9. The quantitative estimate of drug-likeness (QED) is 0.362. The fourth-order valence-corrected chi connectivity index (χ4v) is 6.05. The van der Waals surface area contributed by atoms with Gasteiger partial charge in [-0.15, -0.1) is 0 Å². The Morgan fingerprint density at radius 3 is 2.28 bits per heavy atom. The summed E-state index contributed by atoms with van der Waals surface area (Å²) in [6.07, 6.45) is -4.08. The van der Waals surface area contributed by atoms with Gasteiger partial charge in [0.2, 0.25) is 5.91 Å². The highest BCUT2D eigenvalue weighted by molar-refractivity contribution is 5.99. The molecule has 0 radical (unpaired) electrons. The Morgan fingerprint density at radius 2 is 1.63 bits per heavy atom. The number of carboxylic acid groups (broad SMARTS) is 1. The van der Waals surface area contributed by atoms with Gasteiger partial charge in [0, 0.05) is 11.8 Å². The molecule has 2 aromatic carbocycles. The lowest BCUT2D eigenvalue weighted by atomic mass is 9.83. The average Bonchev–Trinajstić information content (AvgIpc) is 3.56. The number of carbonyl (C=O) groups excluding carboxylic acids is 2. The minimum atomic E-state index is -4.97. The molecule has 14 heteroatoms. The fourth-order valence-electron chi connectivity index (χ4n) is 6.05. The Kier molecular flexibility index (Phi) is 8.50. The van der Waals surface area contributed by atoms with Gasteiger partial charge >= 0.3 is 12.1 Å². The minimum Gasteiger partial charge on any atom is -0.496 e. The predicted octanol–water partition coefficient (Wildman–Crippen LogP) is 4.93. The van der Waals surface area contributed by atoms with Crippen molar-refractivity contribution in [3.05, 3.63) is 53.1 Å². The maximum absolute atomic E-state index is 14.9. The van der Waals surface area contributed by atoms with Crippen LogP contribution >= 0.6 is 0 Å². The number of amides is 2. The number of benzene rings is 2. The average molecular weight is 613 g/mol. The van der Waals surface area contributed by atoms with E-state index in [1.807, 2.05) is 0 Å². The fraction of sp³-hybridized carbons (Fsp3) is 0.483. The number of ether oxygens (including phenoxy) is 3. The summed E-state index contributed by atoms with van der Waals surface area (Å²) < 4.78 is 84.9. The van der Waals surface area contributed by atoms with Crippen LogP contribution in [0.5, 0.6) is 11.5 Å². The van der Waals surface area contributed by atoms with Crippen molar-refractivity contribution in [3.8, 4) is 11.5 Å². The van der Waals surface area contributed by atoms with Gasteiger partial charge < -0.3 is 30.0 Å². The van der Waals surface area contributed by atoms with Crippen molar-refractivity contribution in [2.75, 3.05) is 12.4 Å². The summed E-state index contributed by atoms with van der Waals surface area (Å²) in [4.78, 5) is 37.9. The van der Waals surface area contributed by atoms with E-state index in [9.17, 15) is 41.4 Å². The third kappa shape index (κ3) is 6.38. The molecule has 2 bridgehead atoms. The zero-order valence-electron chi connectivity index (χ0n) is 22.9. The molecular formula is C29H29F5N2O7. The van der Waals surface area contributed by atoms with Crippen LogP contribution in [0, 0.1) is 23.5 Å². The van der Waals surface area contributed by atoms with Crippen molar-refractivity contribution >= 4 is 23.5 Å². The zero-order valence-corrected chi connectivity index (χ0v) is 22.9. The number of nitrogens with one attached hydrogen (secondary N) is 2. The highest BCUT2D eigenvalue weighted by Crippen LogP contribution is 2.41. The van der Waals surface area contributed by atoms with E-state index in [1.165, 1.54) is 13.2 Å². The Labute approximate surface area is 242 Å². The van der Waals surface area contributed by atoms with Gasteiger partial charge in [0.25, 0.3) is 5.91 Å². The molecule has 3 N–H and O–H groups in total. The molecule has 2 amide bonds. The van der Waals surface area contributed by atoms with Gasteiger partial charge in [-0.3, -0.25) is 14.4 Å². The van der Waals surface area contributed by atoms with Crippen LogP contribution in [-0.4, -0.2) is 54.4 Å². The van der Waals surface area contributed by atoms with E-state index in [2.05, 4.69) is 10.6 Å². The lowest BCUT2D eigenvalue weighted by Gasteiger charge is -2.29. The molecule has 2 heterocycles. The second-order valence-corrected chi connectivity index (χ2v) is 10.9. The van der Waals surface area contributed by atoms with Crippen LogP contribution in [0.15, 0.2) is 30.3 Å². The zero-order chi connectivity index (χ0) is 31.1. The first-order valence-electron chi connectivity index (χ1n) is 13.8. The molecule has 232 valence electrons. The number of halogens is 5. The van der Waals surface area contributed by atoms with Gasteiger partial charge in [0.05, 0.1) is 54.4 Å². The summed E-state index contributed by atoms with van der Waals surface area (Å²) in [7, 11) is 1.24. The lowest BCUT2D eigenvalue weighted by Crippen LogP contribution is -2.51. The van der Waals surface area contributed by atoms with Crippen LogP contribution in [0.2, 0.25) is 0 Å². The molecule has 43 heavy (non-hydrogen) atoms. The van der Waals surface area contributed by atoms with E-state index >= 15 is 0 Å². The summed E-state index contributed by atoms with van der Waals surface area (Å²) >= 11 is 0. The molecule has 4 atom stereocenters. The first-order chi connectivity index (χ1) is 20.3. The second-order valence-electron chi connectivity index (χ2n) is 10.9. The van der Waals surface area contributed by atoms with Crippen molar-refractivity contribution in [2.24, 2.45) is 11.8 Å². The highest BCUT2D eigenvalue weighted by atomic mass is 19.4. The molecule has 9 nitrogen and oxygen atoms in total. The molecule has 1 saturated carbocycles. The standard InChI is InChI=1S/C29H29F5N2O7/c1-41-22-12-19(31)23(42-15-5-2-13(3-6-15)28(39)40)11-16(22)26(37)36-25-21-9-8-20(43-21)24(25)27(38)35-14-4-7-18(30)17(10-14)29(32,33)34/h4,7,10-13,15,20-21,24-25H,2-3,5-6,8-9H2,1H3,(H,35,38)(H,36,37)(H,39,40)/t13-,15+,20-,21+,24+,25-/m1/s1. The molecule has 0 unspecified atom stereocenters. The van der Waals surface area contributed by atoms with E-state index in [0.29, 0.717) is 50.7 Å². The van der Waals surface area contributed by atoms with Gasteiger partial charge in [-0.25, -0.2) is 8.78 Å². The van der Waals surface area contributed by atoms with Gasteiger partial charge in [-0.2, -0.15) is 13.2 Å². The summed E-state index contributed by atoms with van der Waals surface area (Å²) in [5, 5.41) is 14.3. The van der Waals surface area contributed by atoms with Crippen LogP contribution in [0.25, 0.3) is 0 Å². The number of rotatable bonds is 8. The van der Waals surface area contributed by atoms with E-state index in [1.54, 1.807) is 0 Å². The Hall–Kier alpha value is -3.94. The van der Waals surface area contributed by atoms with Crippen LogP contribution in [0.1, 0.15) is 54.4 Å². The molecule has 3 aliphatic rings. The number of hydrogen-bond donors (Lipinski definition) is 3. The van der Waals surface area contributed by atoms with Gasteiger partial charge in [-0.05, 0) is 62.8 Å². The number of aliphatic carboxylic acids is 1. The molecule has 2 aliphatic heterocycles. The number of carboxylic acids is 1. The maximum Gasteiger partial charge on any atom is 0.419 e. The predicted molar refractivity (Wildman–Crippen MR) is 140 cm³/mol. The van der Waals surface area contributed by atoms with Crippen LogP contribution < -0.4 is 20.1 Å². The Morgan fingerprint density at radius 1 is 0.930 bits per heavy atom. The van der Waals surface area contributed by atoms with Crippen LogP contribution in [0.4, 0.5) is 27.6 Å². The monoisotopic (exact) mass is 612 g/mol. The highest BCUT2D eigenvalue weighted by Gasteiger charge is 2.53. The third-order valence-corrected chi connectivity index (χ3v) is 8.23. The smallest absolute Gasteiger partial charge is 0.419 e. The molecule has 2 saturated heterocycles. The molecule has 5 rings (SSSR count). The molecule has 3 fully saturated rings. The van der Waals surface area contributed by atoms with Crippen molar-refractivity contribution in [3.63, 3.8) is 0 Å². The number of carbonyl (C=O) groups is 3. The van der Waals surface area contributed by atoms with Crippen molar-refractivity contribution < 1.29 is 55.7 Å². The minimum absolute atomic E-state index is 0.0894. The number of fused-ring (bicyclic) bond motifs is 2. The molecule has 2 aromatic rings. The molecular weight excluding hydrogens is 583 g/mol. The van der Waals surface area contributed by atoms with Crippen molar-refractivity contribution in [1.29, 1.82) is 0 Å². The van der Waals surface area contributed by atoms with E-state index in [-0.39, 0.29) is 22.7 Å². The molecule has 0 spiro atoms. The lowest BCUT2D eigenvalue weighted by molar-refractivity contribution is -0.143. The van der Waals surface area contributed by atoms with Gasteiger partial charge in [0.15, 0.2) is 11.6 Å². The third-order valence-electron chi connectivity index (χ3n) is 8.23. The summed E-state index contributed by atoms with van der Waals surface area (Å²) in [5.41, 5.74) is -1.89. The topological polar surface area (TPSA) is 123 Å². The van der Waals surface area contributed by atoms with Crippen LogP contribution in [-0.2, 0) is 20.5 Å². The number of alkyl halides is 3. The largest absolute Gasteiger partial charge is 0.496 e. The van der Waals surface area contributed by atoms with Crippen molar-refractivity contribution in [2.45, 2.75) is 69.1 Å². The summed E-state index contributed by atoms with van der Waals surface area (Å²) in [6, 6.07) is 3.39. The van der Waals surface area contributed by atoms with Gasteiger partial charge in [-0.1, -0.05) is 0 Å². The number of hydrogen-bond acceptors (Lipinski definition) is 6. The first kappa shape index (κ1) is 30.5. The van der Waals surface area contributed by atoms with Crippen LogP contribution in [0.3, 0.4) is 0 Å². The first-order valence-corrected chi connectivity index (χ1v) is 13.8. The van der Waals surface area contributed by atoms with E-state index < -0.39 is 77.3 Å². The van der Waals surface area contributed by atoms with Gasteiger partial charge in [0.1, 0.15) is 11.6 Å². The Bertz CT molecular complexity index is 1410. The summed E-state index contributed by atoms with van der Waals surface area (Å²) in [5.74, 6) is -6.41.